The molecule has 5 rings (SSSR count). The summed E-state index contributed by atoms with van der Waals surface area (Å²) in [5.74, 6) is 1.79. The third-order valence-electron chi connectivity index (χ3n) is 7.08. The molecule has 5 aliphatic rings. The van der Waals surface area contributed by atoms with Crippen molar-refractivity contribution in [2.75, 3.05) is 6.54 Å². The average molecular weight is 277 g/mol. The average Bonchev–Trinajstić information content (AvgIpc) is 3.17. The Morgan fingerprint density at radius 2 is 2.10 bits per heavy atom. The van der Waals surface area contributed by atoms with Crippen LogP contribution in [0.1, 0.15) is 39.0 Å². The lowest BCUT2D eigenvalue weighted by molar-refractivity contribution is -0.195. The van der Waals surface area contributed by atoms with E-state index in [0.717, 1.165) is 13.0 Å². The molecule has 4 nitrogen and oxygen atoms in total. The molecule has 7 unspecified atom stereocenters. The number of rotatable bonds is 2. The lowest BCUT2D eigenvalue weighted by Gasteiger charge is -2.43. The van der Waals surface area contributed by atoms with Crippen LogP contribution in [0.2, 0.25) is 0 Å². The molecule has 0 spiro atoms. The molecule has 2 bridgehead atoms. The van der Waals surface area contributed by atoms with E-state index in [4.69, 9.17) is 4.74 Å². The summed E-state index contributed by atoms with van der Waals surface area (Å²) in [5.41, 5.74) is -0.353. The highest BCUT2D eigenvalue weighted by atomic mass is 16.6. The molecular formula is C16H23NO3. The number of carbonyl (C=O) groups is 1. The number of ether oxygens (including phenoxy) is 1. The zero-order valence-electron chi connectivity index (χ0n) is 12.0. The van der Waals surface area contributed by atoms with Gasteiger partial charge in [-0.25, -0.2) is 0 Å². The van der Waals surface area contributed by atoms with Gasteiger partial charge >= 0.3 is 0 Å². The SMILES string of the molecule is CCN1C(=O)C2C3CC4C(OC1(C1CCCC1)C42)C3O. The summed E-state index contributed by atoms with van der Waals surface area (Å²) in [6.07, 6.45) is 5.52. The van der Waals surface area contributed by atoms with Crippen LogP contribution in [0.4, 0.5) is 0 Å². The Balaban J connectivity index is 1.67. The number of amides is 1. The summed E-state index contributed by atoms with van der Waals surface area (Å²) in [4.78, 5) is 14.9. The highest BCUT2D eigenvalue weighted by molar-refractivity contribution is 5.84. The van der Waals surface area contributed by atoms with Crippen LogP contribution >= 0.6 is 0 Å². The summed E-state index contributed by atoms with van der Waals surface area (Å²) >= 11 is 0. The molecule has 2 heterocycles. The first-order chi connectivity index (χ1) is 9.70. The highest BCUT2D eigenvalue weighted by Crippen LogP contribution is 2.70. The Morgan fingerprint density at radius 1 is 1.35 bits per heavy atom. The number of aliphatic hydroxyl groups is 1. The molecule has 1 N–H and O–H groups in total. The van der Waals surface area contributed by atoms with Crippen LogP contribution in [-0.4, -0.2) is 40.4 Å². The number of carbonyl (C=O) groups excluding carboxylic acids is 1. The van der Waals surface area contributed by atoms with Gasteiger partial charge in [-0.05, 0) is 38.0 Å². The largest absolute Gasteiger partial charge is 0.390 e. The minimum atomic E-state index is -0.396. The molecule has 2 saturated heterocycles. The molecule has 7 atom stereocenters. The maximum atomic E-state index is 12.9. The molecule has 2 aliphatic heterocycles. The van der Waals surface area contributed by atoms with E-state index in [9.17, 15) is 9.90 Å². The molecule has 110 valence electrons. The molecule has 3 saturated carbocycles. The van der Waals surface area contributed by atoms with Crippen molar-refractivity contribution in [1.29, 1.82) is 0 Å². The molecule has 20 heavy (non-hydrogen) atoms. The fourth-order valence-corrected chi connectivity index (χ4v) is 6.61. The number of nitrogens with zero attached hydrogens (tertiary/aromatic N) is 1. The van der Waals surface area contributed by atoms with Gasteiger partial charge in [0.1, 0.15) is 0 Å². The monoisotopic (exact) mass is 277 g/mol. The quantitative estimate of drug-likeness (QED) is 0.829. The van der Waals surface area contributed by atoms with Crippen molar-refractivity contribution in [2.45, 2.75) is 57.0 Å². The van der Waals surface area contributed by atoms with E-state index >= 15 is 0 Å². The predicted octanol–water partition coefficient (Wildman–Crippen LogP) is 1.38. The summed E-state index contributed by atoms with van der Waals surface area (Å²) < 4.78 is 6.54. The second-order valence-electron chi connectivity index (χ2n) is 7.50. The first kappa shape index (κ1) is 12.0. The van der Waals surface area contributed by atoms with Crippen LogP contribution in [0.5, 0.6) is 0 Å². The van der Waals surface area contributed by atoms with E-state index in [-0.39, 0.29) is 29.6 Å². The Morgan fingerprint density at radius 3 is 2.80 bits per heavy atom. The topological polar surface area (TPSA) is 49.8 Å². The zero-order chi connectivity index (χ0) is 13.6. The van der Waals surface area contributed by atoms with E-state index in [1.165, 1.54) is 25.7 Å². The third-order valence-corrected chi connectivity index (χ3v) is 7.08. The Hall–Kier alpha value is -0.610. The van der Waals surface area contributed by atoms with Crippen LogP contribution < -0.4 is 0 Å². The molecule has 0 aromatic heterocycles. The Kier molecular flexibility index (Phi) is 2.15. The Bertz CT molecular complexity index is 474. The van der Waals surface area contributed by atoms with Crippen LogP contribution in [0, 0.1) is 29.6 Å². The first-order valence-electron chi connectivity index (χ1n) is 8.37. The molecule has 0 aromatic carbocycles. The van der Waals surface area contributed by atoms with Crippen LogP contribution in [0.25, 0.3) is 0 Å². The van der Waals surface area contributed by atoms with Crippen molar-refractivity contribution in [3.63, 3.8) is 0 Å². The van der Waals surface area contributed by atoms with Gasteiger partial charge in [0.15, 0.2) is 5.72 Å². The maximum absolute atomic E-state index is 12.9. The summed E-state index contributed by atoms with van der Waals surface area (Å²) in [5, 5.41) is 10.5. The lowest BCUT2D eigenvalue weighted by Crippen LogP contribution is -2.54. The standard InChI is InChI=1S/C16H23NO3/c1-2-17-15(19)11-9-7-10-12(11)16(17,8-5-3-4-6-8)20-14(10)13(9)18/h8-14,18H,2-7H2,1H3. The van der Waals surface area contributed by atoms with Crippen molar-refractivity contribution in [2.24, 2.45) is 29.6 Å². The van der Waals surface area contributed by atoms with Crippen LogP contribution in [0.15, 0.2) is 0 Å². The van der Waals surface area contributed by atoms with Gasteiger partial charge in [-0.3, -0.25) is 4.79 Å². The number of aliphatic hydroxyl groups excluding tert-OH is 1. The fraction of sp³-hybridized carbons (Fsp3) is 0.938. The van der Waals surface area contributed by atoms with Crippen molar-refractivity contribution >= 4 is 5.91 Å². The fourth-order valence-electron chi connectivity index (χ4n) is 6.61. The molecule has 3 aliphatic carbocycles. The number of hydrogen-bond donors (Lipinski definition) is 1. The molecule has 1 amide bonds. The van der Waals surface area contributed by atoms with E-state index < -0.39 is 6.10 Å². The molecule has 0 aromatic rings. The van der Waals surface area contributed by atoms with E-state index in [2.05, 4.69) is 11.8 Å². The predicted molar refractivity (Wildman–Crippen MR) is 71.5 cm³/mol. The number of hydrogen-bond acceptors (Lipinski definition) is 3. The van der Waals surface area contributed by atoms with E-state index in [1.807, 2.05) is 0 Å². The molecule has 4 heteroatoms. The van der Waals surface area contributed by atoms with Gasteiger partial charge in [0.2, 0.25) is 5.91 Å². The van der Waals surface area contributed by atoms with Gasteiger partial charge in [0.25, 0.3) is 0 Å². The highest BCUT2D eigenvalue weighted by Gasteiger charge is 2.79. The van der Waals surface area contributed by atoms with Crippen molar-refractivity contribution < 1.29 is 14.6 Å². The summed E-state index contributed by atoms with van der Waals surface area (Å²) in [7, 11) is 0. The summed E-state index contributed by atoms with van der Waals surface area (Å²) in [6.45, 7) is 2.83. The second-order valence-corrected chi connectivity index (χ2v) is 7.50. The number of likely N-dealkylation sites (tertiary alicyclic amines) is 1. The van der Waals surface area contributed by atoms with Crippen molar-refractivity contribution in [1.82, 2.24) is 4.90 Å². The van der Waals surface area contributed by atoms with E-state index in [0.29, 0.717) is 17.8 Å². The zero-order valence-corrected chi connectivity index (χ0v) is 12.0. The van der Waals surface area contributed by atoms with Gasteiger partial charge in [0, 0.05) is 18.4 Å². The normalized spacial score (nSPS) is 56.5. The first-order valence-corrected chi connectivity index (χ1v) is 8.37. The van der Waals surface area contributed by atoms with Crippen molar-refractivity contribution in [3.05, 3.63) is 0 Å². The molecule has 5 fully saturated rings. The Labute approximate surface area is 119 Å². The minimum absolute atomic E-state index is 0.00370. The summed E-state index contributed by atoms with van der Waals surface area (Å²) in [6, 6.07) is 0. The van der Waals surface area contributed by atoms with Gasteiger partial charge in [-0.1, -0.05) is 12.8 Å². The van der Waals surface area contributed by atoms with E-state index in [1.54, 1.807) is 0 Å². The minimum Gasteiger partial charge on any atom is -0.390 e. The van der Waals surface area contributed by atoms with Gasteiger partial charge in [-0.15, -0.1) is 0 Å². The lowest BCUT2D eigenvalue weighted by atomic mass is 9.73. The smallest absolute Gasteiger partial charge is 0.228 e. The van der Waals surface area contributed by atoms with Gasteiger partial charge < -0.3 is 14.7 Å². The van der Waals surface area contributed by atoms with Crippen LogP contribution in [0.3, 0.4) is 0 Å². The molecular weight excluding hydrogens is 254 g/mol. The number of fused-ring (bicyclic) bond motifs is 2. The van der Waals surface area contributed by atoms with Crippen LogP contribution in [-0.2, 0) is 9.53 Å². The maximum Gasteiger partial charge on any atom is 0.228 e. The van der Waals surface area contributed by atoms with Crippen molar-refractivity contribution in [3.8, 4) is 0 Å². The van der Waals surface area contributed by atoms with Gasteiger partial charge in [0.05, 0.1) is 18.1 Å². The molecule has 0 radical (unpaired) electrons. The third kappa shape index (κ3) is 1.03. The second kappa shape index (κ2) is 3.58. The van der Waals surface area contributed by atoms with Gasteiger partial charge in [-0.2, -0.15) is 0 Å².